The molecule has 4 N–H and O–H groups in total. The molecule has 7 nitrogen and oxygen atoms in total. The third-order valence-electron chi connectivity index (χ3n) is 0.394. The van der Waals surface area contributed by atoms with Crippen LogP contribution < -0.4 is 5.73 Å². The third-order valence-corrected chi connectivity index (χ3v) is 0.394. The number of carbonyl (C=O) groups is 1. The number of hydrogen-bond donors (Lipinski definition) is 3. The minimum Gasteiger partial charge on any atom is -0.468 e. The highest BCUT2D eigenvalue weighted by Crippen LogP contribution is 1.61. The van der Waals surface area contributed by atoms with Crippen molar-refractivity contribution in [3.63, 3.8) is 0 Å². The molecular formula is C3H9NO6S. The first-order chi connectivity index (χ1) is 4.81. The highest BCUT2D eigenvalue weighted by molar-refractivity contribution is 7.79. The molecule has 0 aliphatic carbocycles. The van der Waals surface area contributed by atoms with Gasteiger partial charge >= 0.3 is 16.4 Å². The average Bonchev–Trinajstić information content (AvgIpc) is 1.83. The van der Waals surface area contributed by atoms with E-state index in [0.717, 1.165) is 0 Å². The second kappa shape index (κ2) is 6.04. The molecule has 0 rings (SSSR count). The number of esters is 1. The fourth-order valence-electron chi connectivity index (χ4n) is 0.0833. The number of carbonyl (C=O) groups excluding carboxylic acids is 1. The van der Waals surface area contributed by atoms with Gasteiger partial charge in [0.05, 0.1) is 13.7 Å². The van der Waals surface area contributed by atoms with Gasteiger partial charge in [0.15, 0.2) is 0 Å². The summed E-state index contributed by atoms with van der Waals surface area (Å²) in [5.74, 6) is -0.380. The largest absolute Gasteiger partial charge is 0.468 e. The van der Waals surface area contributed by atoms with Crippen LogP contribution in [0.2, 0.25) is 0 Å². The predicted molar refractivity (Wildman–Crippen MR) is 35.2 cm³/mol. The predicted octanol–water partition coefficient (Wildman–Crippen LogP) is -1.53. The molecule has 0 atom stereocenters. The van der Waals surface area contributed by atoms with E-state index < -0.39 is 10.4 Å². The highest BCUT2D eigenvalue weighted by Gasteiger charge is 1.87. The van der Waals surface area contributed by atoms with E-state index in [2.05, 4.69) is 4.74 Å². The molecule has 0 amide bonds. The van der Waals surface area contributed by atoms with Crippen molar-refractivity contribution < 1.29 is 27.1 Å². The van der Waals surface area contributed by atoms with Gasteiger partial charge in [-0.05, 0) is 0 Å². The Hall–Kier alpha value is -0.700. The van der Waals surface area contributed by atoms with Gasteiger partial charge in [0.25, 0.3) is 0 Å². The lowest BCUT2D eigenvalue weighted by Gasteiger charge is -1.87. The van der Waals surface area contributed by atoms with Crippen molar-refractivity contribution in [1.82, 2.24) is 0 Å². The van der Waals surface area contributed by atoms with Crippen LogP contribution in [0, 0.1) is 0 Å². The Kier molecular flexibility index (Phi) is 7.10. The molecule has 0 unspecified atom stereocenters. The molecule has 11 heavy (non-hydrogen) atoms. The minimum atomic E-state index is -4.67. The first-order valence-electron chi connectivity index (χ1n) is 2.28. The summed E-state index contributed by atoms with van der Waals surface area (Å²) < 4.78 is 35.7. The molecule has 0 spiro atoms. The Labute approximate surface area is 63.7 Å². The van der Waals surface area contributed by atoms with Crippen LogP contribution in [0.25, 0.3) is 0 Å². The Morgan fingerprint density at radius 1 is 1.55 bits per heavy atom. The van der Waals surface area contributed by atoms with E-state index in [1.54, 1.807) is 0 Å². The fraction of sp³-hybridized carbons (Fsp3) is 0.667. The Morgan fingerprint density at radius 2 is 1.82 bits per heavy atom. The van der Waals surface area contributed by atoms with Gasteiger partial charge in [-0.25, -0.2) is 0 Å². The Morgan fingerprint density at radius 3 is 1.82 bits per heavy atom. The third kappa shape index (κ3) is 45.5. The van der Waals surface area contributed by atoms with Gasteiger partial charge in [0, 0.05) is 0 Å². The highest BCUT2D eigenvalue weighted by atomic mass is 32.3. The normalized spacial score (nSPS) is 9.45. The summed E-state index contributed by atoms with van der Waals surface area (Å²) in [5, 5.41) is 0. The second-order valence-corrected chi connectivity index (χ2v) is 2.12. The topological polar surface area (TPSA) is 127 Å². The van der Waals surface area contributed by atoms with Crippen LogP contribution in [0.5, 0.6) is 0 Å². The molecule has 0 heterocycles. The van der Waals surface area contributed by atoms with Crippen LogP contribution in [0.4, 0.5) is 0 Å². The van der Waals surface area contributed by atoms with Crippen LogP contribution in [0.15, 0.2) is 0 Å². The van der Waals surface area contributed by atoms with Gasteiger partial charge in [-0.2, -0.15) is 8.42 Å². The van der Waals surface area contributed by atoms with E-state index >= 15 is 0 Å². The molecule has 0 aromatic rings. The zero-order chi connectivity index (χ0) is 9.49. The van der Waals surface area contributed by atoms with E-state index in [1.165, 1.54) is 7.11 Å². The van der Waals surface area contributed by atoms with Gasteiger partial charge in [0.1, 0.15) is 0 Å². The quantitative estimate of drug-likeness (QED) is 0.335. The number of rotatable bonds is 1. The van der Waals surface area contributed by atoms with Gasteiger partial charge in [-0.1, -0.05) is 0 Å². The van der Waals surface area contributed by atoms with Gasteiger partial charge in [0.2, 0.25) is 0 Å². The van der Waals surface area contributed by atoms with Gasteiger partial charge in [-0.15, -0.1) is 0 Å². The molecule has 0 saturated heterocycles. The maximum atomic E-state index is 9.83. The first kappa shape index (κ1) is 12.9. The maximum absolute atomic E-state index is 9.83. The van der Waals surface area contributed by atoms with Gasteiger partial charge < -0.3 is 10.5 Å². The number of methoxy groups -OCH3 is 1. The summed E-state index contributed by atoms with van der Waals surface area (Å²) in [7, 11) is -3.37. The molecule has 0 fully saturated rings. The summed E-state index contributed by atoms with van der Waals surface area (Å²) >= 11 is 0. The van der Waals surface area contributed by atoms with Crippen LogP contribution in [0.1, 0.15) is 0 Å². The zero-order valence-corrected chi connectivity index (χ0v) is 6.54. The summed E-state index contributed by atoms with van der Waals surface area (Å²) in [5.41, 5.74) is 4.81. The molecule has 0 bridgehead atoms. The molecular weight excluding hydrogens is 178 g/mol. The van der Waals surface area contributed by atoms with Crippen LogP contribution in [0.3, 0.4) is 0 Å². The van der Waals surface area contributed by atoms with Crippen LogP contribution >= 0.6 is 0 Å². The van der Waals surface area contributed by atoms with Gasteiger partial charge in [-0.3, -0.25) is 13.9 Å². The van der Waals surface area contributed by atoms with Crippen LogP contribution in [-0.4, -0.2) is 37.1 Å². The Bertz CT molecular complexity index is 182. The Balaban J connectivity index is 0. The molecule has 0 radical (unpaired) electrons. The summed E-state index contributed by atoms with van der Waals surface area (Å²) in [4.78, 5) is 9.83. The minimum absolute atomic E-state index is 0.0312. The lowest BCUT2D eigenvalue weighted by atomic mass is 10.7. The fourth-order valence-corrected chi connectivity index (χ4v) is 0.0833. The van der Waals surface area contributed by atoms with Crippen molar-refractivity contribution >= 4 is 16.4 Å². The zero-order valence-electron chi connectivity index (χ0n) is 5.72. The lowest BCUT2D eigenvalue weighted by molar-refractivity contribution is -0.138. The molecule has 68 valence electrons. The van der Waals surface area contributed by atoms with E-state index in [0.29, 0.717) is 0 Å². The van der Waals surface area contributed by atoms with Crippen LogP contribution in [-0.2, 0) is 19.9 Å². The van der Waals surface area contributed by atoms with Crippen molar-refractivity contribution in [2.24, 2.45) is 5.73 Å². The summed E-state index contributed by atoms with van der Waals surface area (Å²) in [6, 6.07) is 0. The standard InChI is InChI=1S/C3H7NO2.H2O4S/c1-6-3(5)2-4;1-5(2,3)4/h2,4H2,1H3;(H2,1,2,3,4). The van der Waals surface area contributed by atoms with Crippen molar-refractivity contribution in [1.29, 1.82) is 0 Å². The first-order valence-corrected chi connectivity index (χ1v) is 3.67. The SMILES string of the molecule is COC(=O)CN.O=S(=O)(O)O. The maximum Gasteiger partial charge on any atom is 0.394 e. The van der Waals surface area contributed by atoms with E-state index in [4.69, 9.17) is 23.3 Å². The average molecular weight is 187 g/mol. The molecule has 0 aliphatic heterocycles. The lowest BCUT2D eigenvalue weighted by Crippen LogP contribution is -2.14. The molecule has 0 aromatic carbocycles. The summed E-state index contributed by atoms with van der Waals surface area (Å²) in [6.07, 6.45) is 0. The van der Waals surface area contributed by atoms with E-state index in [-0.39, 0.29) is 12.5 Å². The van der Waals surface area contributed by atoms with Crippen molar-refractivity contribution in [3.8, 4) is 0 Å². The summed E-state index contributed by atoms with van der Waals surface area (Å²) in [6.45, 7) is -0.0312. The molecule has 8 heteroatoms. The number of ether oxygens (including phenoxy) is 1. The molecule has 0 saturated carbocycles. The van der Waals surface area contributed by atoms with E-state index in [1.807, 2.05) is 0 Å². The number of hydrogen-bond acceptors (Lipinski definition) is 5. The van der Waals surface area contributed by atoms with Crippen molar-refractivity contribution in [2.45, 2.75) is 0 Å². The van der Waals surface area contributed by atoms with E-state index in [9.17, 15) is 4.79 Å². The second-order valence-electron chi connectivity index (χ2n) is 1.23. The van der Waals surface area contributed by atoms with Crippen molar-refractivity contribution in [3.05, 3.63) is 0 Å². The molecule has 0 aromatic heterocycles. The van der Waals surface area contributed by atoms with Crippen molar-refractivity contribution in [2.75, 3.05) is 13.7 Å². The smallest absolute Gasteiger partial charge is 0.394 e. The monoisotopic (exact) mass is 187 g/mol. The number of nitrogens with two attached hydrogens (primary N) is 1. The molecule has 0 aliphatic rings.